The predicted molar refractivity (Wildman–Crippen MR) is 104 cm³/mol. The second-order valence-corrected chi connectivity index (χ2v) is 7.30. The first-order chi connectivity index (χ1) is 12.2. The number of hydrogen-bond donors (Lipinski definition) is 0. The number of nitrogens with zero attached hydrogens (tertiary/aromatic N) is 2. The second kappa shape index (κ2) is 8.50. The fraction of sp³-hybridized carbons (Fsp3) is 0.316. The molecule has 2 aromatic carbocycles. The number of ether oxygens (including phenoxy) is 1. The van der Waals surface area contributed by atoms with Crippen LogP contribution in [0.5, 0.6) is 5.75 Å². The maximum absolute atomic E-state index is 12.4. The summed E-state index contributed by atoms with van der Waals surface area (Å²) in [6, 6.07) is 15.6. The third-order valence-corrected chi connectivity index (χ3v) is 5.48. The third-order valence-electron chi connectivity index (χ3n) is 4.23. The molecule has 0 saturated carbocycles. The van der Waals surface area contributed by atoms with Crippen LogP contribution >= 0.6 is 23.4 Å². The van der Waals surface area contributed by atoms with Crippen LogP contribution in [0.4, 0.5) is 5.69 Å². The van der Waals surface area contributed by atoms with E-state index in [1.807, 2.05) is 47.4 Å². The lowest BCUT2D eigenvalue weighted by molar-refractivity contribution is -0.128. The number of carbonyl (C=O) groups is 1. The average Bonchev–Trinajstić information content (AvgIpc) is 2.67. The van der Waals surface area contributed by atoms with Gasteiger partial charge >= 0.3 is 0 Å². The molecule has 0 spiro atoms. The molecule has 0 unspecified atom stereocenters. The summed E-state index contributed by atoms with van der Waals surface area (Å²) in [7, 11) is 1.67. The van der Waals surface area contributed by atoms with Gasteiger partial charge < -0.3 is 14.5 Å². The summed E-state index contributed by atoms with van der Waals surface area (Å²) in [5.41, 5.74) is 1.14. The van der Waals surface area contributed by atoms with E-state index in [0.29, 0.717) is 10.8 Å². The second-order valence-electron chi connectivity index (χ2n) is 5.81. The Kier molecular flexibility index (Phi) is 6.10. The van der Waals surface area contributed by atoms with Crippen molar-refractivity contribution in [2.45, 2.75) is 4.90 Å². The van der Waals surface area contributed by atoms with Crippen LogP contribution in [-0.2, 0) is 4.79 Å². The predicted octanol–water partition coefficient (Wildman–Crippen LogP) is 3.79. The zero-order valence-corrected chi connectivity index (χ0v) is 15.7. The van der Waals surface area contributed by atoms with Gasteiger partial charge in [-0.05, 0) is 36.4 Å². The molecule has 0 bridgehead atoms. The van der Waals surface area contributed by atoms with Gasteiger partial charge in [0.25, 0.3) is 0 Å². The molecule has 25 heavy (non-hydrogen) atoms. The smallest absolute Gasteiger partial charge is 0.233 e. The van der Waals surface area contributed by atoms with Gasteiger partial charge in [0.2, 0.25) is 5.91 Å². The number of benzene rings is 2. The molecule has 2 aromatic rings. The molecule has 0 atom stereocenters. The number of methoxy groups -OCH3 is 1. The first kappa shape index (κ1) is 18.0. The fourth-order valence-electron chi connectivity index (χ4n) is 2.79. The largest absolute Gasteiger partial charge is 0.497 e. The molecule has 1 aliphatic rings. The van der Waals surface area contributed by atoms with Crippen LogP contribution in [0.15, 0.2) is 53.4 Å². The molecule has 1 heterocycles. The van der Waals surface area contributed by atoms with Crippen molar-refractivity contribution in [3.05, 3.63) is 53.6 Å². The molecule has 1 fully saturated rings. The Balaban J connectivity index is 1.49. The summed E-state index contributed by atoms with van der Waals surface area (Å²) >= 11 is 7.44. The fourth-order valence-corrected chi connectivity index (χ4v) is 3.72. The molecule has 4 nitrogen and oxygen atoms in total. The normalized spacial score (nSPS) is 14.5. The van der Waals surface area contributed by atoms with Gasteiger partial charge in [0.15, 0.2) is 0 Å². The number of piperazine rings is 1. The average molecular weight is 377 g/mol. The van der Waals surface area contributed by atoms with Crippen LogP contribution in [0.25, 0.3) is 0 Å². The van der Waals surface area contributed by atoms with Crippen molar-refractivity contribution in [3.8, 4) is 5.75 Å². The van der Waals surface area contributed by atoms with Crippen LogP contribution in [0.3, 0.4) is 0 Å². The highest BCUT2D eigenvalue weighted by Crippen LogP contribution is 2.23. The summed E-state index contributed by atoms with van der Waals surface area (Å²) in [6.07, 6.45) is 0. The number of hydrogen-bond acceptors (Lipinski definition) is 4. The first-order valence-corrected chi connectivity index (χ1v) is 9.57. The molecule has 132 valence electrons. The number of halogens is 1. The number of amides is 1. The molecular formula is C19H21ClN2O2S. The van der Waals surface area contributed by atoms with Gasteiger partial charge in [-0.15, -0.1) is 11.8 Å². The minimum Gasteiger partial charge on any atom is -0.497 e. The Morgan fingerprint density at radius 2 is 1.84 bits per heavy atom. The maximum atomic E-state index is 12.4. The highest BCUT2D eigenvalue weighted by atomic mass is 35.5. The van der Waals surface area contributed by atoms with E-state index in [-0.39, 0.29) is 5.91 Å². The maximum Gasteiger partial charge on any atom is 0.233 e. The van der Waals surface area contributed by atoms with Crippen LogP contribution in [0.1, 0.15) is 0 Å². The molecule has 0 N–H and O–H groups in total. The van der Waals surface area contributed by atoms with Gasteiger partial charge in [0, 0.05) is 47.9 Å². The van der Waals surface area contributed by atoms with E-state index in [2.05, 4.69) is 11.0 Å². The van der Waals surface area contributed by atoms with Crippen LogP contribution in [-0.4, -0.2) is 49.8 Å². The highest BCUT2D eigenvalue weighted by molar-refractivity contribution is 8.00. The van der Waals surface area contributed by atoms with E-state index < -0.39 is 0 Å². The van der Waals surface area contributed by atoms with E-state index in [0.717, 1.165) is 42.5 Å². The van der Waals surface area contributed by atoms with Crippen molar-refractivity contribution in [2.24, 2.45) is 0 Å². The number of carbonyl (C=O) groups excluding carboxylic acids is 1. The molecule has 1 saturated heterocycles. The summed E-state index contributed by atoms with van der Waals surface area (Å²) in [6.45, 7) is 3.17. The van der Waals surface area contributed by atoms with Gasteiger partial charge in [-0.3, -0.25) is 4.79 Å². The van der Waals surface area contributed by atoms with Gasteiger partial charge in [-0.1, -0.05) is 17.7 Å². The van der Waals surface area contributed by atoms with E-state index in [1.165, 1.54) is 0 Å². The van der Waals surface area contributed by atoms with Crippen molar-refractivity contribution in [1.82, 2.24) is 4.90 Å². The third kappa shape index (κ3) is 4.83. The molecule has 1 aliphatic heterocycles. The minimum absolute atomic E-state index is 0.185. The lowest BCUT2D eigenvalue weighted by atomic mass is 10.2. The van der Waals surface area contributed by atoms with Crippen LogP contribution in [0.2, 0.25) is 5.02 Å². The quantitative estimate of drug-likeness (QED) is 0.743. The Morgan fingerprint density at radius 1 is 1.12 bits per heavy atom. The topological polar surface area (TPSA) is 32.8 Å². The first-order valence-electron chi connectivity index (χ1n) is 8.21. The summed E-state index contributed by atoms with van der Waals surface area (Å²) in [5.74, 6) is 1.50. The molecule has 0 radical (unpaired) electrons. The van der Waals surface area contributed by atoms with Crippen molar-refractivity contribution in [3.63, 3.8) is 0 Å². The molecule has 3 rings (SSSR count). The van der Waals surface area contributed by atoms with Gasteiger partial charge in [0.05, 0.1) is 12.9 Å². The monoisotopic (exact) mass is 376 g/mol. The molecule has 1 amide bonds. The summed E-state index contributed by atoms with van der Waals surface area (Å²) in [4.78, 5) is 17.7. The Hall–Kier alpha value is -1.85. The summed E-state index contributed by atoms with van der Waals surface area (Å²) < 4.78 is 5.28. The Morgan fingerprint density at radius 3 is 2.52 bits per heavy atom. The number of thioether (sulfide) groups is 1. The van der Waals surface area contributed by atoms with Crippen LogP contribution in [0, 0.1) is 0 Å². The van der Waals surface area contributed by atoms with Crippen molar-refractivity contribution < 1.29 is 9.53 Å². The summed E-state index contributed by atoms with van der Waals surface area (Å²) in [5, 5.41) is 0.712. The van der Waals surface area contributed by atoms with Crippen LogP contribution < -0.4 is 9.64 Å². The number of rotatable bonds is 5. The Bertz CT molecular complexity index is 716. The van der Waals surface area contributed by atoms with Crippen molar-refractivity contribution in [2.75, 3.05) is 43.9 Å². The van der Waals surface area contributed by atoms with Gasteiger partial charge in [0.1, 0.15) is 5.75 Å². The van der Waals surface area contributed by atoms with Gasteiger partial charge in [-0.25, -0.2) is 0 Å². The van der Waals surface area contributed by atoms with Crippen molar-refractivity contribution >= 4 is 35.0 Å². The molecular weight excluding hydrogens is 356 g/mol. The Labute approximate surface area is 157 Å². The van der Waals surface area contributed by atoms with E-state index >= 15 is 0 Å². The molecule has 0 aromatic heterocycles. The minimum atomic E-state index is 0.185. The zero-order valence-electron chi connectivity index (χ0n) is 14.2. The lowest BCUT2D eigenvalue weighted by Gasteiger charge is -2.36. The van der Waals surface area contributed by atoms with E-state index in [9.17, 15) is 4.79 Å². The zero-order chi connectivity index (χ0) is 17.6. The standard InChI is InChI=1S/C19H21ClN2O2S/c1-24-17-4-2-3-16(13-17)21-9-11-22(12-10-21)19(23)14-25-18-7-5-15(20)6-8-18/h2-8,13H,9-12,14H2,1H3. The SMILES string of the molecule is COc1cccc(N2CCN(C(=O)CSc3ccc(Cl)cc3)CC2)c1. The lowest BCUT2D eigenvalue weighted by Crippen LogP contribution is -2.49. The molecule has 6 heteroatoms. The van der Waals surface area contributed by atoms with Crippen molar-refractivity contribution in [1.29, 1.82) is 0 Å². The molecule has 0 aliphatic carbocycles. The number of anilines is 1. The highest BCUT2D eigenvalue weighted by Gasteiger charge is 2.21. The van der Waals surface area contributed by atoms with E-state index in [4.69, 9.17) is 16.3 Å². The van der Waals surface area contributed by atoms with E-state index in [1.54, 1.807) is 18.9 Å². The van der Waals surface area contributed by atoms with Gasteiger partial charge in [-0.2, -0.15) is 0 Å².